The van der Waals surface area contributed by atoms with Crippen molar-refractivity contribution in [1.82, 2.24) is 0 Å². The molecule has 1 fully saturated rings. The Morgan fingerprint density at radius 1 is 0.789 bits per heavy atom. The van der Waals surface area contributed by atoms with Gasteiger partial charge in [0.05, 0.1) is 12.0 Å². The van der Waals surface area contributed by atoms with Gasteiger partial charge in [0.15, 0.2) is 0 Å². The first-order valence-corrected chi connectivity index (χ1v) is 12.6. The first-order valence-electron chi connectivity index (χ1n) is 12.6. The van der Waals surface area contributed by atoms with Gasteiger partial charge in [-0.15, -0.1) is 0 Å². The zero-order valence-corrected chi connectivity index (χ0v) is 20.8. The van der Waals surface area contributed by atoms with Crippen LogP contribution in [0.1, 0.15) is 70.3 Å². The third-order valence-corrected chi connectivity index (χ3v) is 6.87. The fourth-order valence-electron chi connectivity index (χ4n) is 4.85. The standard InChI is InChI=1S/C28H29F9O/c1-2-3-4-17-5-7-18(8-6-17)9-12-28(36,37)38-20-15-24(31)26(25(32)16-20)19-13-22(29)21(23(30)14-19)10-11-27(33,34)35/h10-11,13-18H,2-9,12H2,1H3. The highest BCUT2D eigenvalue weighted by Gasteiger charge is 2.34. The van der Waals surface area contributed by atoms with Gasteiger partial charge in [-0.2, -0.15) is 22.0 Å². The van der Waals surface area contributed by atoms with Crippen molar-refractivity contribution in [1.29, 1.82) is 0 Å². The average Bonchev–Trinajstić information content (AvgIpc) is 2.80. The van der Waals surface area contributed by atoms with Gasteiger partial charge in [-0.1, -0.05) is 51.9 Å². The third kappa shape index (κ3) is 8.43. The van der Waals surface area contributed by atoms with Crippen LogP contribution in [-0.2, 0) is 0 Å². The quantitative estimate of drug-likeness (QED) is 0.267. The molecular formula is C28H29F9O. The first kappa shape index (κ1) is 29.9. The molecule has 0 saturated heterocycles. The molecule has 10 heteroatoms. The Labute approximate surface area is 215 Å². The van der Waals surface area contributed by atoms with Crippen molar-refractivity contribution in [3.8, 4) is 16.9 Å². The van der Waals surface area contributed by atoms with Gasteiger partial charge in [0.1, 0.15) is 29.0 Å². The molecule has 1 saturated carbocycles. The molecule has 0 bridgehead atoms. The van der Waals surface area contributed by atoms with Gasteiger partial charge in [0.2, 0.25) is 0 Å². The first-order chi connectivity index (χ1) is 17.8. The maximum atomic E-state index is 14.7. The van der Waals surface area contributed by atoms with Crippen LogP contribution in [0.2, 0.25) is 0 Å². The van der Waals surface area contributed by atoms with Crippen molar-refractivity contribution < 1.29 is 44.3 Å². The lowest BCUT2D eigenvalue weighted by atomic mass is 9.78. The molecule has 2 aromatic rings. The summed E-state index contributed by atoms with van der Waals surface area (Å²) < 4.78 is 128. The average molecular weight is 553 g/mol. The smallest absolute Gasteiger partial charge is 0.409 e. The molecule has 0 N–H and O–H groups in total. The van der Waals surface area contributed by atoms with Gasteiger partial charge in [-0.25, -0.2) is 17.6 Å². The molecule has 1 aliphatic rings. The maximum absolute atomic E-state index is 14.7. The molecule has 2 aromatic carbocycles. The lowest BCUT2D eigenvalue weighted by Gasteiger charge is -2.29. The molecule has 0 atom stereocenters. The number of ether oxygens (including phenoxy) is 1. The molecule has 1 nitrogen and oxygen atoms in total. The summed E-state index contributed by atoms with van der Waals surface area (Å²) >= 11 is 0. The van der Waals surface area contributed by atoms with Crippen LogP contribution in [0.4, 0.5) is 39.5 Å². The number of hydrogen-bond donors (Lipinski definition) is 0. The predicted molar refractivity (Wildman–Crippen MR) is 127 cm³/mol. The minimum atomic E-state index is -4.83. The van der Waals surface area contributed by atoms with Crippen molar-refractivity contribution in [3.05, 3.63) is 59.2 Å². The van der Waals surface area contributed by atoms with Crippen molar-refractivity contribution >= 4 is 6.08 Å². The lowest BCUT2D eigenvalue weighted by Crippen LogP contribution is -2.26. The molecule has 0 spiro atoms. The van der Waals surface area contributed by atoms with Gasteiger partial charge in [0.25, 0.3) is 0 Å². The molecule has 0 unspecified atom stereocenters. The van der Waals surface area contributed by atoms with E-state index in [-0.39, 0.29) is 24.5 Å². The minimum Gasteiger partial charge on any atom is -0.432 e. The van der Waals surface area contributed by atoms with Gasteiger partial charge < -0.3 is 4.74 Å². The van der Waals surface area contributed by atoms with Crippen LogP contribution in [0, 0.1) is 35.1 Å². The molecule has 3 rings (SSSR count). The number of rotatable bonds is 10. The van der Waals surface area contributed by atoms with E-state index in [1.165, 1.54) is 0 Å². The van der Waals surface area contributed by atoms with Crippen LogP contribution in [-0.4, -0.2) is 12.3 Å². The molecule has 210 valence electrons. The number of alkyl halides is 5. The Kier molecular flexibility index (Phi) is 9.81. The zero-order chi connectivity index (χ0) is 28.1. The molecular weight excluding hydrogens is 523 g/mol. The summed E-state index contributed by atoms with van der Waals surface area (Å²) in [6.45, 7) is 2.12. The Balaban J connectivity index is 1.67. The third-order valence-electron chi connectivity index (χ3n) is 6.87. The summed E-state index contributed by atoms with van der Waals surface area (Å²) in [5.74, 6) is -5.91. The van der Waals surface area contributed by atoms with E-state index < -0.39 is 64.4 Å². The Bertz CT molecular complexity index is 1070. The van der Waals surface area contributed by atoms with Gasteiger partial charge in [-0.3, -0.25) is 0 Å². The molecule has 38 heavy (non-hydrogen) atoms. The minimum absolute atomic E-state index is 0.122. The van der Waals surface area contributed by atoms with Gasteiger partial charge >= 0.3 is 12.3 Å². The second kappa shape index (κ2) is 12.5. The van der Waals surface area contributed by atoms with E-state index in [2.05, 4.69) is 11.7 Å². The summed E-state index contributed by atoms with van der Waals surface area (Å²) in [5.41, 5.74) is -2.66. The van der Waals surface area contributed by atoms with Crippen molar-refractivity contribution in [2.24, 2.45) is 11.8 Å². The van der Waals surface area contributed by atoms with E-state index in [0.717, 1.165) is 44.9 Å². The highest BCUT2D eigenvalue weighted by atomic mass is 19.4. The summed E-state index contributed by atoms with van der Waals surface area (Å²) in [6, 6.07) is 1.84. The van der Waals surface area contributed by atoms with E-state index in [1.807, 2.05) is 0 Å². The van der Waals surface area contributed by atoms with E-state index in [1.54, 1.807) is 0 Å². The van der Waals surface area contributed by atoms with Gasteiger partial charge in [0, 0.05) is 23.8 Å². The summed E-state index contributed by atoms with van der Waals surface area (Å²) in [7, 11) is 0. The Morgan fingerprint density at radius 3 is 1.82 bits per heavy atom. The maximum Gasteiger partial charge on any atom is 0.409 e. The fourth-order valence-corrected chi connectivity index (χ4v) is 4.85. The highest BCUT2D eigenvalue weighted by Crippen LogP contribution is 2.38. The lowest BCUT2D eigenvalue weighted by molar-refractivity contribution is -0.183. The summed E-state index contributed by atoms with van der Waals surface area (Å²) in [6.07, 6.45) is -2.09. The fraction of sp³-hybridized carbons (Fsp3) is 0.500. The van der Waals surface area contributed by atoms with Crippen molar-refractivity contribution in [2.45, 2.75) is 77.0 Å². The largest absolute Gasteiger partial charge is 0.432 e. The van der Waals surface area contributed by atoms with E-state index in [9.17, 15) is 39.5 Å². The number of allylic oxidation sites excluding steroid dienone is 1. The van der Waals surface area contributed by atoms with Crippen LogP contribution >= 0.6 is 0 Å². The van der Waals surface area contributed by atoms with Crippen LogP contribution in [0.25, 0.3) is 17.2 Å². The van der Waals surface area contributed by atoms with Gasteiger partial charge in [-0.05, 0) is 42.0 Å². The normalized spacial score (nSPS) is 18.8. The monoisotopic (exact) mass is 552 g/mol. The summed E-state index contributed by atoms with van der Waals surface area (Å²) in [5, 5.41) is 0. The molecule has 0 heterocycles. The second-order valence-corrected chi connectivity index (χ2v) is 9.80. The Hall–Kier alpha value is -2.65. The number of halogens is 9. The topological polar surface area (TPSA) is 9.23 Å². The number of unbranched alkanes of at least 4 members (excludes halogenated alkanes) is 1. The molecule has 0 amide bonds. The summed E-state index contributed by atoms with van der Waals surface area (Å²) in [4.78, 5) is 0. The van der Waals surface area contributed by atoms with Crippen LogP contribution < -0.4 is 4.74 Å². The molecule has 0 aromatic heterocycles. The van der Waals surface area contributed by atoms with E-state index in [4.69, 9.17) is 0 Å². The molecule has 1 aliphatic carbocycles. The van der Waals surface area contributed by atoms with Crippen molar-refractivity contribution in [2.75, 3.05) is 0 Å². The predicted octanol–water partition coefficient (Wildman–Crippen LogP) is 10.2. The highest BCUT2D eigenvalue weighted by molar-refractivity contribution is 5.68. The Morgan fingerprint density at radius 2 is 1.32 bits per heavy atom. The molecule has 0 aliphatic heterocycles. The van der Waals surface area contributed by atoms with Crippen molar-refractivity contribution in [3.63, 3.8) is 0 Å². The van der Waals surface area contributed by atoms with Crippen LogP contribution in [0.15, 0.2) is 30.3 Å². The second-order valence-electron chi connectivity index (χ2n) is 9.80. The SMILES string of the molecule is CCCCC1CCC(CCC(F)(F)Oc2cc(F)c(-c3cc(F)c(C=CC(F)(F)F)c(F)c3)c(F)c2)CC1. The number of hydrogen-bond acceptors (Lipinski definition) is 1. The van der Waals surface area contributed by atoms with Crippen LogP contribution in [0.3, 0.4) is 0 Å². The van der Waals surface area contributed by atoms with E-state index in [0.29, 0.717) is 30.2 Å². The molecule has 0 radical (unpaired) electrons. The van der Waals surface area contributed by atoms with Crippen LogP contribution in [0.5, 0.6) is 5.75 Å². The number of benzene rings is 2. The van der Waals surface area contributed by atoms with E-state index >= 15 is 0 Å². The zero-order valence-electron chi connectivity index (χ0n) is 20.8.